The summed E-state index contributed by atoms with van der Waals surface area (Å²) in [7, 11) is 3.05. The van der Waals surface area contributed by atoms with E-state index in [1.54, 1.807) is 48.5 Å². The molecule has 0 spiro atoms. The maximum atomic E-state index is 11.9. The molecule has 0 saturated carbocycles. The first kappa shape index (κ1) is 18.3. The molecule has 0 radical (unpaired) electrons. The summed E-state index contributed by atoms with van der Waals surface area (Å²) in [6.45, 7) is 0. The number of aliphatic carboxylic acids is 2. The minimum absolute atomic E-state index is 0.131. The van der Waals surface area contributed by atoms with Crippen molar-refractivity contribution in [2.45, 2.75) is 12.8 Å². The van der Waals surface area contributed by atoms with E-state index in [2.05, 4.69) is 0 Å². The predicted octanol–water partition coefficient (Wildman–Crippen LogP) is 2.64. The van der Waals surface area contributed by atoms with Crippen molar-refractivity contribution in [3.8, 4) is 11.5 Å². The van der Waals surface area contributed by atoms with Crippen molar-refractivity contribution < 1.29 is 29.3 Å². The minimum atomic E-state index is -1.96. The highest BCUT2D eigenvalue weighted by molar-refractivity contribution is 5.98. The number of carboxylic acid groups (broad SMARTS) is 2. The van der Waals surface area contributed by atoms with Gasteiger partial charge in [-0.2, -0.15) is 0 Å². The van der Waals surface area contributed by atoms with Gasteiger partial charge in [-0.25, -0.2) is 0 Å². The third kappa shape index (κ3) is 4.09. The first-order chi connectivity index (χ1) is 11.9. The molecular weight excluding hydrogens is 324 g/mol. The topological polar surface area (TPSA) is 93.1 Å². The molecule has 0 atom stereocenters. The molecule has 2 aromatic rings. The summed E-state index contributed by atoms with van der Waals surface area (Å²) < 4.78 is 10.1. The van der Waals surface area contributed by atoms with Crippen molar-refractivity contribution >= 4 is 11.9 Å². The van der Waals surface area contributed by atoms with Crippen LogP contribution in [0.1, 0.15) is 11.1 Å². The highest BCUT2D eigenvalue weighted by Crippen LogP contribution is 2.30. The third-order valence-electron chi connectivity index (χ3n) is 4.15. The van der Waals surface area contributed by atoms with E-state index >= 15 is 0 Å². The molecule has 25 heavy (non-hydrogen) atoms. The fourth-order valence-corrected chi connectivity index (χ4v) is 2.64. The molecule has 0 aliphatic carbocycles. The second kappa shape index (κ2) is 7.70. The van der Waals surface area contributed by atoms with E-state index in [0.29, 0.717) is 22.6 Å². The monoisotopic (exact) mass is 344 g/mol. The number of benzene rings is 2. The molecule has 2 N–H and O–H groups in total. The van der Waals surface area contributed by atoms with Gasteiger partial charge in [-0.3, -0.25) is 9.59 Å². The number of methoxy groups -OCH3 is 2. The molecular formula is C19H20O6. The van der Waals surface area contributed by atoms with Crippen LogP contribution in [0, 0.1) is 5.41 Å². The quantitative estimate of drug-likeness (QED) is 0.715. The zero-order chi connectivity index (χ0) is 18.4. The van der Waals surface area contributed by atoms with Crippen LogP contribution in [0.3, 0.4) is 0 Å². The van der Waals surface area contributed by atoms with Gasteiger partial charge in [-0.05, 0) is 48.2 Å². The summed E-state index contributed by atoms with van der Waals surface area (Å²) in [4.78, 5) is 23.8. The van der Waals surface area contributed by atoms with E-state index in [9.17, 15) is 19.8 Å². The van der Waals surface area contributed by atoms with Gasteiger partial charge in [0.2, 0.25) is 0 Å². The lowest BCUT2D eigenvalue weighted by Gasteiger charge is -2.25. The van der Waals surface area contributed by atoms with Gasteiger partial charge in [0.25, 0.3) is 0 Å². The van der Waals surface area contributed by atoms with Crippen LogP contribution in [-0.4, -0.2) is 36.4 Å². The Morgan fingerprint density at radius 1 is 0.760 bits per heavy atom. The van der Waals surface area contributed by atoms with Crippen LogP contribution in [0.25, 0.3) is 0 Å². The number of rotatable bonds is 8. The molecule has 6 heteroatoms. The maximum absolute atomic E-state index is 11.9. The fraction of sp³-hybridized carbons (Fsp3) is 0.263. The number of carboxylic acids is 2. The molecule has 0 aliphatic heterocycles. The van der Waals surface area contributed by atoms with Gasteiger partial charge in [0.1, 0.15) is 11.5 Å². The Balaban J connectivity index is 2.34. The molecule has 0 aromatic heterocycles. The molecule has 6 nitrogen and oxygen atoms in total. The van der Waals surface area contributed by atoms with Crippen LogP contribution in [0.5, 0.6) is 11.5 Å². The molecule has 2 rings (SSSR count). The zero-order valence-corrected chi connectivity index (χ0v) is 14.1. The van der Waals surface area contributed by atoms with Gasteiger partial charge in [0, 0.05) is 0 Å². The molecule has 0 heterocycles. The Morgan fingerprint density at radius 2 is 1.08 bits per heavy atom. The average molecular weight is 344 g/mol. The van der Waals surface area contributed by atoms with E-state index in [4.69, 9.17) is 9.47 Å². The van der Waals surface area contributed by atoms with E-state index < -0.39 is 17.4 Å². The number of carbonyl (C=O) groups is 2. The molecule has 0 saturated heterocycles. The second-order valence-electron chi connectivity index (χ2n) is 5.74. The third-order valence-corrected chi connectivity index (χ3v) is 4.15. The van der Waals surface area contributed by atoms with Crippen molar-refractivity contribution in [1.29, 1.82) is 0 Å². The maximum Gasteiger partial charge on any atom is 0.321 e. The molecule has 0 amide bonds. The Kier molecular flexibility index (Phi) is 5.64. The SMILES string of the molecule is COc1ccc(CC(Cc2ccc(OC)cc2)(C(=O)O)C(=O)O)cc1. The van der Waals surface area contributed by atoms with Crippen molar-refractivity contribution in [2.75, 3.05) is 14.2 Å². The Hall–Kier alpha value is -3.02. The van der Waals surface area contributed by atoms with Crippen molar-refractivity contribution in [2.24, 2.45) is 5.41 Å². The first-order valence-corrected chi connectivity index (χ1v) is 7.64. The van der Waals surface area contributed by atoms with Crippen molar-refractivity contribution in [3.05, 3.63) is 59.7 Å². The van der Waals surface area contributed by atoms with Gasteiger partial charge in [-0.15, -0.1) is 0 Å². The number of hydrogen-bond donors (Lipinski definition) is 2. The Morgan fingerprint density at radius 3 is 1.32 bits per heavy atom. The summed E-state index contributed by atoms with van der Waals surface area (Å²) in [5.41, 5.74) is -0.735. The Bertz CT molecular complexity index is 668. The number of ether oxygens (including phenoxy) is 2. The van der Waals surface area contributed by atoms with Crippen LogP contribution in [0.2, 0.25) is 0 Å². The number of hydrogen-bond acceptors (Lipinski definition) is 4. The van der Waals surface area contributed by atoms with Crippen LogP contribution in [-0.2, 0) is 22.4 Å². The van der Waals surface area contributed by atoms with E-state index in [1.807, 2.05) is 0 Å². The van der Waals surface area contributed by atoms with Crippen molar-refractivity contribution in [3.63, 3.8) is 0 Å². The van der Waals surface area contributed by atoms with E-state index in [0.717, 1.165) is 0 Å². The summed E-state index contributed by atoms with van der Waals surface area (Å²) in [5, 5.41) is 19.4. The smallest absolute Gasteiger partial charge is 0.321 e. The average Bonchev–Trinajstić information content (AvgIpc) is 2.62. The van der Waals surface area contributed by atoms with Crippen LogP contribution in [0.4, 0.5) is 0 Å². The standard InChI is InChI=1S/C19H20O6/c1-24-15-7-3-13(4-8-15)11-19(17(20)21,18(22)23)12-14-5-9-16(25-2)10-6-14/h3-10H,11-12H2,1-2H3,(H,20,21)(H,22,23). The van der Waals surface area contributed by atoms with Gasteiger partial charge >= 0.3 is 11.9 Å². The molecule has 0 fully saturated rings. The van der Waals surface area contributed by atoms with Gasteiger partial charge in [0.15, 0.2) is 5.41 Å². The summed E-state index contributed by atoms with van der Waals surface area (Å²) in [5.74, 6) is -1.50. The highest BCUT2D eigenvalue weighted by atomic mass is 16.5. The first-order valence-electron chi connectivity index (χ1n) is 7.64. The van der Waals surface area contributed by atoms with E-state index in [-0.39, 0.29) is 12.8 Å². The van der Waals surface area contributed by atoms with E-state index in [1.165, 1.54) is 14.2 Å². The lowest BCUT2D eigenvalue weighted by atomic mass is 9.76. The molecule has 2 aromatic carbocycles. The normalized spacial score (nSPS) is 11.0. The Labute approximate surface area is 145 Å². The highest BCUT2D eigenvalue weighted by Gasteiger charge is 2.46. The lowest BCUT2D eigenvalue weighted by Crippen LogP contribution is -2.43. The molecule has 0 bridgehead atoms. The van der Waals surface area contributed by atoms with Crippen molar-refractivity contribution in [1.82, 2.24) is 0 Å². The summed E-state index contributed by atoms with van der Waals surface area (Å²) in [6.07, 6.45) is -0.263. The van der Waals surface area contributed by atoms with Gasteiger partial charge < -0.3 is 19.7 Å². The zero-order valence-electron chi connectivity index (χ0n) is 14.1. The second-order valence-corrected chi connectivity index (χ2v) is 5.74. The van der Waals surface area contributed by atoms with Gasteiger partial charge in [-0.1, -0.05) is 24.3 Å². The van der Waals surface area contributed by atoms with Crippen LogP contribution >= 0.6 is 0 Å². The lowest BCUT2D eigenvalue weighted by molar-refractivity contribution is -0.164. The predicted molar refractivity (Wildman–Crippen MR) is 91.1 cm³/mol. The summed E-state index contributed by atoms with van der Waals surface area (Å²) >= 11 is 0. The molecule has 0 unspecified atom stereocenters. The van der Waals surface area contributed by atoms with Crippen LogP contribution in [0.15, 0.2) is 48.5 Å². The van der Waals surface area contributed by atoms with Crippen LogP contribution < -0.4 is 9.47 Å². The largest absolute Gasteiger partial charge is 0.497 e. The molecule has 132 valence electrons. The molecule has 0 aliphatic rings. The fourth-order valence-electron chi connectivity index (χ4n) is 2.64. The van der Waals surface area contributed by atoms with Gasteiger partial charge in [0.05, 0.1) is 14.2 Å². The minimum Gasteiger partial charge on any atom is -0.497 e. The summed E-state index contributed by atoms with van der Waals surface area (Å²) in [6, 6.07) is 13.4.